The normalized spacial score (nSPS) is 11.9. The van der Waals surface area contributed by atoms with E-state index in [-0.39, 0.29) is 17.7 Å². The van der Waals surface area contributed by atoms with Crippen molar-refractivity contribution in [3.63, 3.8) is 0 Å². The molecule has 19 heavy (non-hydrogen) atoms. The van der Waals surface area contributed by atoms with Crippen molar-refractivity contribution in [1.82, 2.24) is 25.4 Å². The predicted octanol–water partition coefficient (Wildman–Crippen LogP) is 1.01. The Morgan fingerprint density at radius 2 is 2.21 bits per heavy atom. The Labute approximate surface area is 116 Å². The highest BCUT2D eigenvalue weighted by Crippen LogP contribution is 2.13. The summed E-state index contributed by atoms with van der Waals surface area (Å²) in [6.07, 6.45) is 2.42. The van der Waals surface area contributed by atoms with Crippen molar-refractivity contribution in [2.24, 2.45) is 0 Å². The lowest BCUT2D eigenvalue weighted by molar-refractivity contribution is -0.117. The van der Waals surface area contributed by atoms with Crippen LogP contribution in [0, 0.1) is 0 Å². The number of hydrogen-bond acceptors (Lipinski definition) is 5. The summed E-state index contributed by atoms with van der Waals surface area (Å²) >= 11 is 1.25. The van der Waals surface area contributed by atoms with Crippen molar-refractivity contribution in [1.29, 1.82) is 0 Å². The van der Waals surface area contributed by atoms with Gasteiger partial charge in [0, 0.05) is 12.6 Å². The van der Waals surface area contributed by atoms with Gasteiger partial charge in [0.05, 0.1) is 5.75 Å². The Morgan fingerprint density at radius 1 is 1.47 bits per heavy atom. The van der Waals surface area contributed by atoms with E-state index >= 15 is 0 Å². The van der Waals surface area contributed by atoms with Gasteiger partial charge < -0.3 is 9.88 Å². The van der Waals surface area contributed by atoms with Crippen molar-refractivity contribution < 1.29 is 9.59 Å². The molecule has 0 saturated carbocycles. The second kappa shape index (κ2) is 7.78. The number of nitrogens with one attached hydrogen (secondary N) is 2. The van der Waals surface area contributed by atoms with E-state index in [1.165, 1.54) is 11.8 Å². The van der Waals surface area contributed by atoms with Gasteiger partial charge in [-0.3, -0.25) is 10.1 Å². The maximum atomic E-state index is 11.6. The molecule has 8 heteroatoms. The van der Waals surface area contributed by atoms with Crippen LogP contribution in [0.5, 0.6) is 0 Å². The van der Waals surface area contributed by atoms with Crippen LogP contribution < -0.4 is 10.6 Å². The number of amides is 3. The number of imide groups is 1. The zero-order valence-electron chi connectivity index (χ0n) is 11.3. The molecule has 0 fully saturated rings. The minimum Gasteiger partial charge on any atom is -0.335 e. The van der Waals surface area contributed by atoms with Crippen LogP contribution in [0.3, 0.4) is 0 Å². The lowest BCUT2D eigenvalue weighted by Gasteiger charge is -2.11. The van der Waals surface area contributed by atoms with Crippen molar-refractivity contribution in [3.05, 3.63) is 6.33 Å². The van der Waals surface area contributed by atoms with E-state index in [1.807, 2.05) is 25.3 Å². The maximum absolute atomic E-state index is 11.6. The average molecular weight is 285 g/mol. The number of thioether (sulfide) groups is 1. The number of nitrogens with zero attached hydrogens (tertiary/aromatic N) is 3. The molecule has 0 aliphatic rings. The van der Waals surface area contributed by atoms with Crippen LogP contribution in [0.15, 0.2) is 11.5 Å². The van der Waals surface area contributed by atoms with Crippen molar-refractivity contribution >= 4 is 23.7 Å². The first kappa shape index (κ1) is 15.5. The van der Waals surface area contributed by atoms with E-state index in [9.17, 15) is 9.59 Å². The summed E-state index contributed by atoms with van der Waals surface area (Å²) in [5.41, 5.74) is 0. The molecule has 1 rings (SSSR count). The lowest BCUT2D eigenvalue weighted by Crippen LogP contribution is -2.43. The molecule has 0 radical (unpaired) electrons. The van der Waals surface area contributed by atoms with E-state index in [2.05, 4.69) is 20.8 Å². The molecule has 1 atom stereocenters. The van der Waals surface area contributed by atoms with Gasteiger partial charge in [0.2, 0.25) is 5.91 Å². The van der Waals surface area contributed by atoms with Crippen molar-refractivity contribution in [3.8, 4) is 0 Å². The van der Waals surface area contributed by atoms with E-state index < -0.39 is 6.03 Å². The van der Waals surface area contributed by atoms with Gasteiger partial charge in [-0.2, -0.15) is 0 Å². The molecule has 7 nitrogen and oxygen atoms in total. The van der Waals surface area contributed by atoms with Gasteiger partial charge in [-0.15, -0.1) is 10.2 Å². The van der Waals surface area contributed by atoms with Crippen LogP contribution in [0.1, 0.15) is 27.2 Å². The summed E-state index contributed by atoms with van der Waals surface area (Å²) in [6.45, 7) is 6.54. The average Bonchev–Trinajstić information content (AvgIpc) is 2.83. The van der Waals surface area contributed by atoms with Gasteiger partial charge in [-0.25, -0.2) is 4.79 Å². The molecule has 1 heterocycles. The SMILES string of the molecule is CC[C@H](C)NC(=O)NC(=O)CSc1nncn1CC. The topological polar surface area (TPSA) is 88.9 Å². The highest BCUT2D eigenvalue weighted by Gasteiger charge is 2.11. The van der Waals surface area contributed by atoms with Crippen LogP contribution in [-0.2, 0) is 11.3 Å². The van der Waals surface area contributed by atoms with E-state index in [0.717, 1.165) is 13.0 Å². The van der Waals surface area contributed by atoms with Crippen LogP contribution in [0.25, 0.3) is 0 Å². The Bertz CT molecular complexity index is 434. The molecule has 106 valence electrons. The molecule has 0 saturated heterocycles. The highest BCUT2D eigenvalue weighted by atomic mass is 32.2. The Balaban J connectivity index is 2.34. The Morgan fingerprint density at radius 3 is 2.84 bits per heavy atom. The lowest BCUT2D eigenvalue weighted by atomic mass is 10.3. The summed E-state index contributed by atoms with van der Waals surface area (Å²) in [5.74, 6) is -0.219. The van der Waals surface area contributed by atoms with Crippen LogP contribution in [0.4, 0.5) is 4.79 Å². The van der Waals surface area contributed by atoms with Crippen molar-refractivity contribution in [2.45, 2.75) is 44.9 Å². The molecular formula is C11H19N5O2S. The fourth-order valence-corrected chi connectivity index (χ4v) is 2.01. The minimum absolute atomic E-state index is 0.0450. The van der Waals surface area contributed by atoms with E-state index in [0.29, 0.717) is 5.16 Å². The third-order valence-corrected chi connectivity index (χ3v) is 3.48. The number of urea groups is 1. The molecule has 2 N–H and O–H groups in total. The maximum Gasteiger partial charge on any atom is 0.321 e. The van der Waals surface area contributed by atoms with Crippen LogP contribution in [-0.4, -0.2) is 38.5 Å². The first-order chi connectivity index (χ1) is 9.06. The Kier molecular flexibility index (Phi) is 6.34. The van der Waals surface area contributed by atoms with Crippen molar-refractivity contribution in [2.75, 3.05) is 5.75 Å². The number of aromatic nitrogens is 3. The van der Waals surface area contributed by atoms with Gasteiger partial charge in [0.1, 0.15) is 6.33 Å². The fourth-order valence-electron chi connectivity index (χ4n) is 1.23. The summed E-state index contributed by atoms with van der Waals surface area (Å²) in [4.78, 5) is 23.0. The largest absolute Gasteiger partial charge is 0.335 e. The van der Waals surface area contributed by atoms with Crippen LogP contribution >= 0.6 is 11.8 Å². The van der Waals surface area contributed by atoms with Gasteiger partial charge in [-0.05, 0) is 20.3 Å². The molecule has 1 aromatic rings. The first-order valence-corrected chi connectivity index (χ1v) is 7.16. The zero-order chi connectivity index (χ0) is 14.3. The molecule has 0 aromatic carbocycles. The third-order valence-electron chi connectivity index (χ3n) is 2.50. The standard InChI is InChI=1S/C11H19N5O2S/c1-4-8(3)13-10(18)14-9(17)6-19-11-15-12-7-16(11)5-2/h7-8H,4-6H2,1-3H3,(H2,13,14,17,18)/t8-/m0/s1. The van der Waals surface area contributed by atoms with Crippen LogP contribution in [0.2, 0.25) is 0 Å². The summed E-state index contributed by atoms with van der Waals surface area (Å²) in [6, 6.07) is -0.416. The Hall–Kier alpha value is -1.57. The van der Waals surface area contributed by atoms with E-state index in [4.69, 9.17) is 0 Å². The molecule has 1 aromatic heterocycles. The molecule has 0 aliphatic carbocycles. The minimum atomic E-state index is -0.461. The number of carbonyl (C=O) groups excluding carboxylic acids is 2. The molecule has 0 bridgehead atoms. The van der Waals surface area contributed by atoms with Gasteiger partial charge in [0.15, 0.2) is 5.16 Å². The zero-order valence-corrected chi connectivity index (χ0v) is 12.2. The smallest absolute Gasteiger partial charge is 0.321 e. The fraction of sp³-hybridized carbons (Fsp3) is 0.636. The highest BCUT2D eigenvalue weighted by molar-refractivity contribution is 7.99. The third kappa shape index (κ3) is 5.29. The second-order valence-corrected chi connectivity index (χ2v) is 4.96. The monoisotopic (exact) mass is 285 g/mol. The molecule has 0 unspecified atom stereocenters. The van der Waals surface area contributed by atoms with Gasteiger partial charge in [0.25, 0.3) is 0 Å². The number of rotatable bonds is 6. The number of carbonyl (C=O) groups is 2. The number of hydrogen-bond donors (Lipinski definition) is 2. The summed E-state index contributed by atoms with van der Waals surface area (Å²) < 4.78 is 1.83. The molecule has 0 aliphatic heterocycles. The molecular weight excluding hydrogens is 266 g/mol. The molecule has 0 spiro atoms. The number of aryl methyl sites for hydroxylation is 1. The van der Waals surface area contributed by atoms with Gasteiger partial charge >= 0.3 is 6.03 Å². The summed E-state index contributed by atoms with van der Waals surface area (Å²) in [7, 11) is 0. The first-order valence-electron chi connectivity index (χ1n) is 6.17. The summed E-state index contributed by atoms with van der Waals surface area (Å²) in [5, 5.41) is 13.3. The molecule has 3 amide bonds. The quantitative estimate of drug-likeness (QED) is 0.762. The second-order valence-electron chi connectivity index (χ2n) is 4.02. The predicted molar refractivity (Wildman–Crippen MR) is 72.8 cm³/mol. The van der Waals surface area contributed by atoms with E-state index in [1.54, 1.807) is 6.33 Å². The van der Waals surface area contributed by atoms with Gasteiger partial charge in [-0.1, -0.05) is 18.7 Å².